The van der Waals surface area contributed by atoms with E-state index in [2.05, 4.69) is 0 Å². The van der Waals surface area contributed by atoms with E-state index >= 15 is 0 Å². The number of ether oxygens (including phenoxy) is 1. The number of likely N-dealkylation sites (N-methyl/N-ethyl adjacent to an activating group) is 1. The highest BCUT2D eigenvalue weighted by atomic mass is 16.5. The molecule has 3 rings (SSSR count). The molecular formula is C11H13NO4. The van der Waals surface area contributed by atoms with Crippen molar-refractivity contribution >= 4 is 11.9 Å². The molecule has 4 unspecified atom stereocenters. The molecule has 2 saturated heterocycles. The highest BCUT2D eigenvalue weighted by molar-refractivity contribution is 5.90. The number of rotatable bonds is 2. The van der Waals surface area contributed by atoms with Crippen LogP contribution in [0, 0.1) is 11.8 Å². The lowest BCUT2D eigenvalue weighted by molar-refractivity contribution is -0.148. The fourth-order valence-corrected chi connectivity index (χ4v) is 3.13. The summed E-state index contributed by atoms with van der Waals surface area (Å²) in [6.07, 6.45) is 3.22. The first-order chi connectivity index (χ1) is 7.59. The standard InChI is InChI=1S/C11H13NO4/c1-2-12-5-11-4-3-6(16-11)7(10(14)15)8(11)9(12)13/h3-4,6-8H,2,5H2,1H3,(H,14,15). The Morgan fingerprint density at radius 3 is 3.12 bits per heavy atom. The van der Waals surface area contributed by atoms with Gasteiger partial charge in [-0.25, -0.2) is 0 Å². The molecule has 0 aliphatic carbocycles. The summed E-state index contributed by atoms with van der Waals surface area (Å²) in [4.78, 5) is 24.9. The molecule has 0 aromatic carbocycles. The first kappa shape index (κ1) is 9.84. The molecule has 4 atom stereocenters. The number of carboxylic acid groups (broad SMARTS) is 1. The Bertz CT molecular complexity index is 405. The molecule has 0 aromatic heterocycles. The van der Waals surface area contributed by atoms with E-state index < -0.39 is 29.5 Å². The first-order valence-corrected chi connectivity index (χ1v) is 5.48. The van der Waals surface area contributed by atoms with Crippen molar-refractivity contribution in [3.05, 3.63) is 12.2 Å². The summed E-state index contributed by atoms with van der Waals surface area (Å²) in [5.74, 6) is -2.26. The van der Waals surface area contributed by atoms with Crippen molar-refractivity contribution in [3.63, 3.8) is 0 Å². The monoisotopic (exact) mass is 223 g/mol. The Labute approximate surface area is 92.7 Å². The van der Waals surface area contributed by atoms with Gasteiger partial charge in [-0.3, -0.25) is 9.59 Å². The predicted molar refractivity (Wildman–Crippen MR) is 53.6 cm³/mol. The van der Waals surface area contributed by atoms with Crippen LogP contribution in [0.15, 0.2) is 12.2 Å². The normalized spacial score (nSPS) is 44.2. The summed E-state index contributed by atoms with van der Waals surface area (Å²) in [7, 11) is 0. The third kappa shape index (κ3) is 0.942. The molecule has 0 radical (unpaired) electrons. The topological polar surface area (TPSA) is 66.8 Å². The number of carbonyl (C=O) groups excluding carboxylic acids is 1. The minimum absolute atomic E-state index is 0.0817. The second-order valence-electron chi connectivity index (χ2n) is 4.59. The molecule has 16 heavy (non-hydrogen) atoms. The van der Waals surface area contributed by atoms with E-state index in [9.17, 15) is 14.7 Å². The second kappa shape index (κ2) is 2.85. The van der Waals surface area contributed by atoms with Gasteiger partial charge in [0.05, 0.1) is 18.6 Å². The minimum atomic E-state index is -0.937. The molecule has 5 heteroatoms. The lowest BCUT2D eigenvalue weighted by Gasteiger charge is -2.21. The Kier molecular flexibility index (Phi) is 1.75. The SMILES string of the molecule is CCN1CC23C=CC(O2)C(C(=O)O)C3C1=O. The van der Waals surface area contributed by atoms with Gasteiger partial charge in [-0.05, 0) is 6.92 Å². The number of likely N-dealkylation sites (tertiary alicyclic amines) is 1. The fraction of sp³-hybridized carbons (Fsp3) is 0.636. The molecule has 2 fully saturated rings. The van der Waals surface area contributed by atoms with Crippen LogP contribution >= 0.6 is 0 Å². The average Bonchev–Trinajstić information content (AvgIpc) is 2.86. The molecule has 86 valence electrons. The average molecular weight is 223 g/mol. The van der Waals surface area contributed by atoms with Crippen LogP contribution in [0.5, 0.6) is 0 Å². The summed E-state index contributed by atoms with van der Waals surface area (Å²) in [5, 5.41) is 9.17. The van der Waals surface area contributed by atoms with Gasteiger partial charge in [0.1, 0.15) is 11.5 Å². The van der Waals surface area contributed by atoms with Gasteiger partial charge in [0, 0.05) is 6.54 Å². The van der Waals surface area contributed by atoms with Crippen molar-refractivity contribution in [1.82, 2.24) is 4.90 Å². The second-order valence-corrected chi connectivity index (χ2v) is 4.59. The maximum Gasteiger partial charge on any atom is 0.310 e. The zero-order valence-electron chi connectivity index (χ0n) is 8.92. The third-order valence-corrected chi connectivity index (χ3v) is 3.85. The smallest absolute Gasteiger partial charge is 0.310 e. The van der Waals surface area contributed by atoms with Crippen molar-refractivity contribution < 1.29 is 19.4 Å². The van der Waals surface area contributed by atoms with Gasteiger partial charge in [0.25, 0.3) is 0 Å². The summed E-state index contributed by atoms with van der Waals surface area (Å²) >= 11 is 0. The largest absolute Gasteiger partial charge is 0.481 e. The van der Waals surface area contributed by atoms with E-state index in [-0.39, 0.29) is 5.91 Å². The molecule has 3 heterocycles. The zero-order valence-corrected chi connectivity index (χ0v) is 8.92. The van der Waals surface area contributed by atoms with Crippen LogP contribution in [-0.2, 0) is 14.3 Å². The van der Waals surface area contributed by atoms with Gasteiger partial charge in [-0.15, -0.1) is 0 Å². The Morgan fingerprint density at radius 1 is 1.75 bits per heavy atom. The van der Waals surface area contributed by atoms with Gasteiger partial charge in [0.2, 0.25) is 5.91 Å². The minimum Gasteiger partial charge on any atom is -0.481 e. The predicted octanol–water partition coefficient (Wildman–Crippen LogP) is -0.127. The van der Waals surface area contributed by atoms with E-state index in [4.69, 9.17) is 4.74 Å². The highest BCUT2D eigenvalue weighted by Gasteiger charge is 2.66. The van der Waals surface area contributed by atoms with Gasteiger partial charge in [0.15, 0.2) is 0 Å². The van der Waals surface area contributed by atoms with E-state index in [1.165, 1.54) is 0 Å². The van der Waals surface area contributed by atoms with Crippen molar-refractivity contribution in [2.24, 2.45) is 11.8 Å². The Balaban J connectivity index is 2.03. The fourth-order valence-electron chi connectivity index (χ4n) is 3.13. The maximum absolute atomic E-state index is 12.1. The van der Waals surface area contributed by atoms with Crippen LogP contribution in [0.3, 0.4) is 0 Å². The molecule has 1 N–H and O–H groups in total. The lowest BCUT2D eigenvalue weighted by Crippen LogP contribution is -2.39. The van der Waals surface area contributed by atoms with Gasteiger partial charge >= 0.3 is 5.97 Å². The summed E-state index contributed by atoms with van der Waals surface area (Å²) in [5.41, 5.74) is -0.666. The van der Waals surface area contributed by atoms with Crippen LogP contribution in [0.25, 0.3) is 0 Å². The molecule has 2 bridgehead atoms. The van der Waals surface area contributed by atoms with Crippen molar-refractivity contribution in [2.75, 3.05) is 13.1 Å². The first-order valence-electron chi connectivity index (χ1n) is 5.48. The molecule has 5 nitrogen and oxygen atoms in total. The van der Waals surface area contributed by atoms with Crippen LogP contribution in [0.2, 0.25) is 0 Å². The summed E-state index contributed by atoms with van der Waals surface area (Å²) in [6.45, 7) is 2.98. The third-order valence-electron chi connectivity index (χ3n) is 3.85. The number of amides is 1. The number of fused-ring (bicyclic) bond motifs is 1. The van der Waals surface area contributed by atoms with E-state index in [0.29, 0.717) is 13.1 Å². The number of carboxylic acids is 1. The Morgan fingerprint density at radius 2 is 2.50 bits per heavy atom. The quantitative estimate of drug-likeness (QED) is 0.662. The van der Waals surface area contributed by atoms with E-state index in [1.807, 2.05) is 13.0 Å². The Hall–Kier alpha value is -1.36. The number of nitrogens with zero attached hydrogens (tertiary/aromatic N) is 1. The number of aliphatic carboxylic acids is 1. The van der Waals surface area contributed by atoms with Crippen LogP contribution < -0.4 is 0 Å². The highest BCUT2D eigenvalue weighted by Crippen LogP contribution is 2.51. The molecule has 1 spiro atoms. The van der Waals surface area contributed by atoms with Crippen molar-refractivity contribution in [3.8, 4) is 0 Å². The molecule has 3 aliphatic heterocycles. The van der Waals surface area contributed by atoms with Crippen LogP contribution in [0.4, 0.5) is 0 Å². The maximum atomic E-state index is 12.1. The van der Waals surface area contributed by atoms with Gasteiger partial charge < -0.3 is 14.7 Å². The number of hydrogen-bond acceptors (Lipinski definition) is 3. The molecule has 0 saturated carbocycles. The lowest BCUT2D eigenvalue weighted by atomic mass is 9.77. The van der Waals surface area contributed by atoms with E-state index in [1.54, 1.807) is 11.0 Å². The van der Waals surface area contributed by atoms with Crippen LogP contribution in [-0.4, -0.2) is 46.7 Å². The molecule has 1 amide bonds. The zero-order chi connectivity index (χ0) is 11.5. The van der Waals surface area contributed by atoms with Crippen molar-refractivity contribution in [1.29, 1.82) is 0 Å². The summed E-state index contributed by atoms with van der Waals surface area (Å²) < 4.78 is 5.71. The molecular weight excluding hydrogens is 210 g/mol. The van der Waals surface area contributed by atoms with Crippen molar-refractivity contribution in [2.45, 2.75) is 18.6 Å². The molecule has 3 aliphatic rings. The number of hydrogen-bond donors (Lipinski definition) is 1. The van der Waals surface area contributed by atoms with Gasteiger partial charge in [-0.2, -0.15) is 0 Å². The van der Waals surface area contributed by atoms with Crippen LogP contribution in [0.1, 0.15) is 6.92 Å². The summed E-state index contributed by atoms with van der Waals surface area (Å²) in [6, 6.07) is 0. The van der Waals surface area contributed by atoms with E-state index in [0.717, 1.165) is 0 Å². The van der Waals surface area contributed by atoms with Gasteiger partial charge in [-0.1, -0.05) is 12.2 Å². The number of carbonyl (C=O) groups is 2. The molecule has 0 aromatic rings.